The summed E-state index contributed by atoms with van der Waals surface area (Å²) in [5.41, 5.74) is 2.47. The van der Waals surface area contributed by atoms with E-state index in [1.165, 1.54) is 0 Å². The number of para-hydroxylation sites is 1. The highest BCUT2D eigenvalue weighted by Gasteiger charge is 2.45. The molecule has 3 aliphatic heterocycles. The van der Waals surface area contributed by atoms with Crippen LogP contribution >= 0.6 is 0 Å². The molecule has 3 atom stereocenters. The van der Waals surface area contributed by atoms with E-state index in [1.807, 2.05) is 19.1 Å². The average molecular weight is 587 g/mol. The number of ether oxygens (including phenoxy) is 2. The number of pyridine rings is 1. The SMILES string of the molecule is Cc1cc(N2CC(N3CCOCC3)C2)c2cccc(S(=O)(=O)NC3C[C@@H]4OCCC[C@H]34)c2n1.O=C(O)C(F)(F)F. The molecule has 2 N–H and O–H groups in total. The number of fused-ring (bicyclic) bond motifs is 2. The fourth-order valence-corrected chi connectivity index (χ4v) is 7.29. The Morgan fingerprint density at radius 1 is 1.18 bits per heavy atom. The number of alkyl halides is 3. The van der Waals surface area contributed by atoms with E-state index in [2.05, 4.69) is 25.6 Å². The molecule has 1 aromatic carbocycles. The highest BCUT2D eigenvalue weighted by molar-refractivity contribution is 7.89. The van der Waals surface area contributed by atoms with Crippen LogP contribution in [-0.4, -0.2) is 99.7 Å². The van der Waals surface area contributed by atoms with E-state index in [-0.39, 0.29) is 23.0 Å². The van der Waals surface area contributed by atoms with E-state index in [9.17, 15) is 21.6 Å². The Kier molecular flexibility index (Phi) is 8.26. The Bertz CT molecular complexity index is 1350. The molecule has 3 saturated heterocycles. The Balaban J connectivity index is 0.000000411. The number of hydrogen-bond acceptors (Lipinski definition) is 8. The van der Waals surface area contributed by atoms with E-state index in [0.717, 1.165) is 82.0 Å². The number of rotatable bonds is 5. The van der Waals surface area contributed by atoms with Crippen LogP contribution in [0.2, 0.25) is 0 Å². The van der Waals surface area contributed by atoms with Crippen molar-refractivity contribution in [1.82, 2.24) is 14.6 Å². The zero-order chi connectivity index (χ0) is 28.7. The molecule has 1 unspecified atom stereocenters. The van der Waals surface area contributed by atoms with Crippen molar-refractivity contribution < 1.29 is 41.0 Å². The normalized spacial score (nSPS) is 25.8. The molecule has 6 rings (SSSR count). The molecule has 0 radical (unpaired) electrons. The molecule has 0 amide bonds. The maximum atomic E-state index is 13.4. The quantitative estimate of drug-likeness (QED) is 0.545. The summed E-state index contributed by atoms with van der Waals surface area (Å²) in [7, 11) is -3.68. The average Bonchev–Trinajstić information content (AvgIpc) is 2.86. The Morgan fingerprint density at radius 2 is 1.88 bits per heavy atom. The zero-order valence-corrected chi connectivity index (χ0v) is 22.9. The van der Waals surface area contributed by atoms with Crippen LogP contribution in [0.4, 0.5) is 18.9 Å². The monoisotopic (exact) mass is 586 g/mol. The molecule has 0 spiro atoms. The summed E-state index contributed by atoms with van der Waals surface area (Å²) in [6, 6.07) is 8.06. The van der Waals surface area contributed by atoms with E-state index in [4.69, 9.17) is 19.4 Å². The van der Waals surface area contributed by atoms with Crippen LogP contribution in [0.25, 0.3) is 10.9 Å². The van der Waals surface area contributed by atoms with Gasteiger partial charge in [-0.05, 0) is 38.3 Å². The molecular weight excluding hydrogens is 553 g/mol. The Hall–Kier alpha value is -2.52. The van der Waals surface area contributed by atoms with Gasteiger partial charge in [-0.25, -0.2) is 17.9 Å². The molecule has 4 heterocycles. The molecule has 14 heteroatoms. The van der Waals surface area contributed by atoms with Crippen molar-refractivity contribution in [3.05, 3.63) is 30.0 Å². The number of carboxylic acid groups (broad SMARTS) is 1. The first-order chi connectivity index (χ1) is 18.9. The van der Waals surface area contributed by atoms with Crippen LogP contribution in [0, 0.1) is 12.8 Å². The van der Waals surface area contributed by atoms with Gasteiger partial charge in [0, 0.05) is 67.6 Å². The van der Waals surface area contributed by atoms with Gasteiger partial charge in [-0.15, -0.1) is 0 Å². The Labute approximate surface area is 230 Å². The standard InChI is InChI=1S/C24H32N4O4S.C2HF3O2/c1-16-12-21(28-14-17(15-28)27-7-10-31-11-8-27)19-4-2-6-23(24(19)25-16)33(29,30)26-20-13-22-18(20)5-3-9-32-22;3-2(4,5)1(6)7/h2,4,6,12,17-18,20,22,26H,3,5,7-11,13-15H2,1H3;(H,6,7)/t18-,20?,22+;/m1./s1. The van der Waals surface area contributed by atoms with Gasteiger partial charge in [-0.2, -0.15) is 13.2 Å². The number of sulfonamides is 1. The van der Waals surface area contributed by atoms with Gasteiger partial charge in [0.15, 0.2) is 0 Å². The molecular formula is C26H33F3N4O6S. The van der Waals surface area contributed by atoms with Gasteiger partial charge in [0.2, 0.25) is 10.0 Å². The number of aromatic nitrogens is 1. The third kappa shape index (κ3) is 6.05. The van der Waals surface area contributed by atoms with Gasteiger partial charge in [-0.1, -0.05) is 12.1 Å². The van der Waals surface area contributed by atoms with Crippen molar-refractivity contribution in [2.75, 3.05) is 50.9 Å². The number of aliphatic carboxylic acids is 1. The minimum atomic E-state index is -5.08. The number of benzene rings is 1. The maximum Gasteiger partial charge on any atom is 0.490 e. The number of morpholine rings is 1. The minimum Gasteiger partial charge on any atom is -0.475 e. The van der Waals surface area contributed by atoms with Crippen molar-refractivity contribution in [3.8, 4) is 0 Å². The molecule has 220 valence electrons. The first-order valence-electron chi connectivity index (χ1n) is 13.3. The lowest BCUT2D eigenvalue weighted by molar-refractivity contribution is -0.192. The summed E-state index contributed by atoms with van der Waals surface area (Å²) in [5, 5.41) is 8.02. The smallest absolute Gasteiger partial charge is 0.475 e. The van der Waals surface area contributed by atoms with Crippen molar-refractivity contribution >= 4 is 32.6 Å². The number of hydrogen-bond donors (Lipinski definition) is 2. The van der Waals surface area contributed by atoms with Gasteiger partial charge in [-0.3, -0.25) is 9.88 Å². The first kappa shape index (κ1) is 29.0. The number of halogens is 3. The van der Waals surface area contributed by atoms with Gasteiger partial charge in [0.25, 0.3) is 0 Å². The zero-order valence-electron chi connectivity index (χ0n) is 22.1. The minimum absolute atomic E-state index is 0.0514. The number of anilines is 1. The summed E-state index contributed by atoms with van der Waals surface area (Å²) >= 11 is 0. The highest BCUT2D eigenvalue weighted by Crippen LogP contribution is 2.39. The number of carboxylic acids is 1. The largest absolute Gasteiger partial charge is 0.490 e. The second-order valence-electron chi connectivity index (χ2n) is 10.6. The predicted molar refractivity (Wildman–Crippen MR) is 140 cm³/mol. The van der Waals surface area contributed by atoms with Crippen LogP contribution in [0.3, 0.4) is 0 Å². The van der Waals surface area contributed by atoms with Crippen molar-refractivity contribution in [2.45, 2.75) is 55.4 Å². The molecule has 10 nitrogen and oxygen atoms in total. The lowest BCUT2D eigenvalue weighted by Gasteiger charge is -2.48. The van der Waals surface area contributed by atoms with Gasteiger partial charge in [0.05, 0.1) is 24.8 Å². The number of carbonyl (C=O) groups is 1. The lowest BCUT2D eigenvalue weighted by atomic mass is 9.73. The molecule has 0 bridgehead atoms. The molecule has 4 fully saturated rings. The first-order valence-corrected chi connectivity index (χ1v) is 14.8. The molecule has 2 aromatic rings. The van der Waals surface area contributed by atoms with E-state index >= 15 is 0 Å². The van der Waals surface area contributed by atoms with Crippen molar-refractivity contribution in [3.63, 3.8) is 0 Å². The highest BCUT2D eigenvalue weighted by atomic mass is 32.2. The van der Waals surface area contributed by atoms with E-state index in [1.54, 1.807) is 6.07 Å². The van der Waals surface area contributed by atoms with E-state index in [0.29, 0.717) is 11.6 Å². The topological polar surface area (TPSA) is 121 Å². The summed E-state index contributed by atoms with van der Waals surface area (Å²) in [5.74, 6) is -2.47. The summed E-state index contributed by atoms with van der Waals surface area (Å²) in [6.45, 7) is 8.19. The summed E-state index contributed by atoms with van der Waals surface area (Å²) in [6.07, 6.45) is -2.10. The van der Waals surface area contributed by atoms with Gasteiger partial charge in [0.1, 0.15) is 4.90 Å². The second-order valence-corrected chi connectivity index (χ2v) is 12.3. The molecule has 1 aromatic heterocycles. The van der Waals surface area contributed by atoms with Crippen molar-refractivity contribution in [2.24, 2.45) is 5.92 Å². The van der Waals surface area contributed by atoms with Crippen LogP contribution in [0.5, 0.6) is 0 Å². The lowest BCUT2D eigenvalue weighted by Crippen LogP contribution is -2.61. The van der Waals surface area contributed by atoms with Gasteiger partial charge < -0.3 is 19.5 Å². The van der Waals surface area contributed by atoms with E-state index < -0.39 is 22.2 Å². The molecule has 1 saturated carbocycles. The molecule has 4 aliphatic rings. The van der Waals surface area contributed by atoms with Crippen molar-refractivity contribution in [1.29, 1.82) is 0 Å². The van der Waals surface area contributed by atoms with Crippen LogP contribution in [0.15, 0.2) is 29.2 Å². The third-order valence-corrected chi connectivity index (χ3v) is 9.53. The predicted octanol–water partition coefficient (Wildman–Crippen LogP) is 2.54. The molecule has 1 aliphatic carbocycles. The maximum absolute atomic E-state index is 13.4. The fourth-order valence-electron chi connectivity index (χ4n) is 5.83. The third-order valence-electron chi connectivity index (χ3n) is 8.01. The number of nitrogens with zero attached hydrogens (tertiary/aromatic N) is 3. The van der Waals surface area contributed by atoms with Crippen LogP contribution in [0.1, 0.15) is 25.0 Å². The van der Waals surface area contributed by atoms with Crippen LogP contribution < -0.4 is 9.62 Å². The Morgan fingerprint density at radius 3 is 2.52 bits per heavy atom. The fraction of sp³-hybridized carbons (Fsp3) is 0.615. The second kappa shape index (κ2) is 11.4. The van der Waals surface area contributed by atoms with Crippen LogP contribution in [-0.2, 0) is 24.3 Å². The molecule has 40 heavy (non-hydrogen) atoms. The number of aryl methyl sites for hydroxylation is 1. The summed E-state index contributed by atoms with van der Waals surface area (Å²) < 4.78 is 72.8. The van der Waals surface area contributed by atoms with Gasteiger partial charge >= 0.3 is 12.1 Å². The number of nitrogens with one attached hydrogen (secondary N) is 1. The summed E-state index contributed by atoms with van der Waals surface area (Å²) in [4.78, 5) is 18.7.